The molecule has 1 N–H and O–H groups in total. The second kappa shape index (κ2) is 8.15. The molecule has 1 amide bonds. The molecule has 1 atom stereocenters. The molecule has 0 radical (unpaired) electrons. The van der Waals surface area contributed by atoms with Gasteiger partial charge in [-0.1, -0.05) is 50.4 Å². The molecule has 0 aromatic heterocycles. The van der Waals surface area contributed by atoms with E-state index in [4.69, 9.17) is 11.6 Å². The van der Waals surface area contributed by atoms with Crippen molar-refractivity contribution in [1.82, 2.24) is 5.32 Å². The molecule has 2 nitrogen and oxygen atoms in total. The molecule has 0 fully saturated rings. The lowest BCUT2D eigenvalue weighted by atomic mass is 9.98. The van der Waals surface area contributed by atoms with Crippen LogP contribution in [0.5, 0.6) is 0 Å². The van der Waals surface area contributed by atoms with E-state index < -0.39 is 0 Å². The minimum absolute atomic E-state index is 0.150. The molecule has 0 heterocycles. The Kier molecular flexibility index (Phi) is 6.81. The number of rotatable bonds is 7. The fraction of sp³-hybridized carbons (Fsp3) is 0.533. The van der Waals surface area contributed by atoms with E-state index in [9.17, 15) is 4.79 Å². The van der Waals surface area contributed by atoms with E-state index in [2.05, 4.69) is 19.2 Å². The van der Waals surface area contributed by atoms with Gasteiger partial charge in [0.2, 0.25) is 5.91 Å². The number of unbranched alkanes of at least 4 members (excludes halogenated alkanes) is 1. The molecule has 0 bridgehead atoms. The topological polar surface area (TPSA) is 29.1 Å². The maximum absolute atomic E-state index is 12.0. The summed E-state index contributed by atoms with van der Waals surface area (Å²) in [5, 5.41) is 3.72. The van der Waals surface area contributed by atoms with Crippen LogP contribution in [0.4, 0.5) is 0 Å². The summed E-state index contributed by atoms with van der Waals surface area (Å²) >= 11 is 5.82. The van der Waals surface area contributed by atoms with Crippen molar-refractivity contribution in [3.05, 3.63) is 34.9 Å². The van der Waals surface area contributed by atoms with Crippen LogP contribution in [0.15, 0.2) is 24.3 Å². The Morgan fingerprint density at radius 1 is 1.28 bits per heavy atom. The molecule has 100 valence electrons. The van der Waals surface area contributed by atoms with E-state index in [1.165, 1.54) is 0 Å². The monoisotopic (exact) mass is 267 g/mol. The summed E-state index contributed by atoms with van der Waals surface area (Å²) in [6, 6.07) is 7.57. The second-order valence-electron chi connectivity index (χ2n) is 4.59. The van der Waals surface area contributed by atoms with Gasteiger partial charge in [0.05, 0.1) is 0 Å². The van der Waals surface area contributed by atoms with Gasteiger partial charge in [-0.25, -0.2) is 0 Å². The summed E-state index contributed by atoms with van der Waals surface area (Å²) in [6.45, 7) is 4.80. The summed E-state index contributed by atoms with van der Waals surface area (Å²) in [4.78, 5) is 12.0. The standard InChI is InChI=1S/C15H22ClNO/c1-3-5-6-13(4-2)15(18)17-11-12-7-9-14(16)10-8-12/h7-10,13H,3-6,11H2,1-2H3,(H,17,18)/t13-/m1/s1. The average Bonchev–Trinajstić information content (AvgIpc) is 2.39. The van der Waals surface area contributed by atoms with Gasteiger partial charge in [-0.15, -0.1) is 0 Å². The number of hydrogen-bond donors (Lipinski definition) is 1. The van der Waals surface area contributed by atoms with Crippen LogP contribution in [0.2, 0.25) is 5.02 Å². The van der Waals surface area contributed by atoms with Crippen LogP contribution in [0.3, 0.4) is 0 Å². The van der Waals surface area contributed by atoms with Crippen molar-refractivity contribution < 1.29 is 4.79 Å². The number of amides is 1. The maximum Gasteiger partial charge on any atom is 0.223 e. The smallest absolute Gasteiger partial charge is 0.223 e. The molecular weight excluding hydrogens is 246 g/mol. The lowest BCUT2D eigenvalue weighted by Crippen LogP contribution is -2.30. The maximum atomic E-state index is 12.0. The molecule has 1 aromatic carbocycles. The molecule has 1 rings (SSSR count). The van der Waals surface area contributed by atoms with Gasteiger partial charge in [0.1, 0.15) is 0 Å². The van der Waals surface area contributed by atoms with Gasteiger partial charge in [0.25, 0.3) is 0 Å². The molecule has 0 aliphatic rings. The number of carbonyl (C=O) groups excluding carboxylic acids is 1. The van der Waals surface area contributed by atoms with Gasteiger partial charge in [-0.2, -0.15) is 0 Å². The first-order valence-corrected chi connectivity index (χ1v) is 7.07. The molecule has 0 aliphatic heterocycles. The van der Waals surface area contributed by atoms with Crippen LogP contribution < -0.4 is 5.32 Å². The molecule has 0 saturated heterocycles. The molecule has 0 spiro atoms. The third-order valence-corrected chi connectivity index (χ3v) is 3.40. The Morgan fingerprint density at radius 2 is 1.94 bits per heavy atom. The lowest BCUT2D eigenvalue weighted by Gasteiger charge is -2.14. The van der Waals surface area contributed by atoms with E-state index in [-0.39, 0.29) is 11.8 Å². The predicted molar refractivity (Wildman–Crippen MR) is 76.6 cm³/mol. The van der Waals surface area contributed by atoms with Crippen LogP contribution in [0.25, 0.3) is 0 Å². The molecular formula is C15H22ClNO. The second-order valence-corrected chi connectivity index (χ2v) is 5.03. The largest absolute Gasteiger partial charge is 0.352 e. The van der Waals surface area contributed by atoms with Gasteiger partial charge in [0, 0.05) is 17.5 Å². The molecule has 0 unspecified atom stereocenters. The number of hydrogen-bond acceptors (Lipinski definition) is 1. The quantitative estimate of drug-likeness (QED) is 0.789. The third kappa shape index (κ3) is 5.09. The fourth-order valence-corrected chi connectivity index (χ4v) is 2.03. The zero-order valence-electron chi connectivity index (χ0n) is 11.2. The summed E-state index contributed by atoms with van der Waals surface area (Å²) in [7, 11) is 0. The first-order valence-electron chi connectivity index (χ1n) is 6.69. The van der Waals surface area contributed by atoms with Crippen LogP contribution in [-0.2, 0) is 11.3 Å². The van der Waals surface area contributed by atoms with Crippen molar-refractivity contribution in [2.45, 2.75) is 46.1 Å². The number of halogens is 1. The third-order valence-electron chi connectivity index (χ3n) is 3.15. The van der Waals surface area contributed by atoms with Crippen molar-refractivity contribution in [1.29, 1.82) is 0 Å². The van der Waals surface area contributed by atoms with Crippen LogP contribution in [-0.4, -0.2) is 5.91 Å². The summed E-state index contributed by atoms with van der Waals surface area (Å²) in [5.41, 5.74) is 1.08. The first kappa shape index (κ1) is 15.0. The SMILES string of the molecule is CCCC[C@@H](CC)C(=O)NCc1ccc(Cl)cc1. The highest BCUT2D eigenvalue weighted by molar-refractivity contribution is 6.30. The minimum Gasteiger partial charge on any atom is -0.352 e. The van der Waals surface area contributed by atoms with Crippen LogP contribution in [0, 0.1) is 5.92 Å². The lowest BCUT2D eigenvalue weighted by molar-refractivity contribution is -0.125. The highest BCUT2D eigenvalue weighted by Gasteiger charge is 2.14. The molecule has 18 heavy (non-hydrogen) atoms. The van der Waals surface area contributed by atoms with E-state index >= 15 is 0 Å². The molecule has 3 heteroatoms. The zero-order valence-corrected chi connectivity index (χ0v) is 12.0. The Hall–Kier alpha value is -1.02. The van der Waals surface area contributed by atoms with E-state index in [0.29, 0.717) is 6.54 Å². The summed E-state index contributed by atoms with van der Waals surface area (Å²) in [6.07, 6.45) is 4.15. The summed E-state index contributed by atoms with van der Waals surface area (Å²) < 4.78 is 0. The normalized spacial score (nSPS) is 12.2. The van der Waals surface area contributed by atoms with E-state index in [1.54, 1.807) is 0 Å². The van der Waals surface area contributed by atoms with Gasteiger partial charge in [-0.3, -0.25) is 4.79 Å². The van der Waals surface area contributed by atoms with E-state index in [1.807, 2.05) is 24.3 Å². The van der Waals surface area contributed by atoms with Crippen molar-refractivity contribution in [2.24, 2.45) is 5.92 Å². The molecule has 1 aromatic rings. The van der Waals surface area contributed by atoms with Gasteiger partial charge in [0.15, 0.2) is 0 Å². The van der Waals surface area contributed by atoms with Gasteiger partial charge in [-0.05, 0) is 30.5 Å². The molecule has 0 aliphatic carbocycles. The Bertz CT molecular complexity index is 361. The predicted octanol–water partition coefficient (Wildman–Crippen LogP) is 4.17. The van der Waals surface area contributed by atoms with Crippen LogP contribution in [0.1, 0.15) is 45.1 Å². The summed E-state index contributed by atoms with van der Waals surface area (Å²) in [5.74, 6) is 0.318. The Labute approximate surface area is 115 Å². The first-order chi connectivity index (χ1) is 8.67. The van der Waals surface area contributed by atoms with Crippen molar-refractivity contribution in [3.63, 3.8) is 0 Å². The van der Waals surface area contributed by atoms with Crippen molar-refractivity contribution in [3.8, 4) is 0 Å². The van der Waals surface area contributed by atoms with Gasteiger partial charge < -0.3 is 5.32 Å². The Balaban J connectivity index is 2.41. The Morgan fingerprint density at radius 3 is 2.50 bits per heavy atom. The van der Waals surface area contributed by atoms with Crippen molar-refractivity contribution in [2.75, 3.05) is 0 Å². The highest BCUT2D eigenvalue weighted by atomic mass is 35.5. The number of carbonyl (C=O) groups is 1. The number of nitrogens with one attached hydrogen (secondary N) is 1. The zero-order chi connectivity index (χ0) is 13.4. The average molecular weight is 268 g/mol. The van der Waals surface area contributed by atoms with Crippen molar-refractivity contribution >= 4 is 17.5 Å². The highest BCUT2D eigenvalue weighted by Crippen LogP contribution is 2.13. The van der Waals surface area contributed by atoms with Gasteiger partial charge >= 0.3 is 0 Å². The van der Waals surface area contributed by atoms with Crippen LogP contribution >= 0.6 is 11.6 Å². The molecule has 0 saturated carbocycles. The number of benzene rings is 1. The fourth-order valence-electron chi connectivity index (χ4n) is 1.91. The minimum atomic E-state index is 0.150. The van der Waals surface area contributed by atoms with E-state index in [0.717, 1.165) is 36.3 Å².